The van der Waals surface area contributed by atoms with Gasteiger partial charge in [0.25, 0.3) is 0 Å². The van der Waals surface area contributed by atoms with Gasteiger partial charge in [0.05, 0.1) is 0 Å². The molecular weight excluding hydrogens is 372 g/mol. The van der Waals surface area contributed by atoms with Crippen molar-refractivity contribution in [3.63, 3.8) is 0 Å². The zero-order chi connectivity index (χ0) is 23.9. The van der Waals surface area contributed by atoms with Crippen LogP contribution in [0, 0.1) is 29.6 Å². The smallest absolute Gasteiger partial charge is 0.0172 e. The van der Waals surface area contributed by atoms with Crippen LogP contribution >= 0.6 is 0 Å². The summed E-state index contributed by atoms with van der Waals surface area (Å²) in [6.45, 7) is 27.6. The standard InChI is InChI=1S/C16H28.C8H16.3C2H6.CH4/c1-5-8-14-11-13(4)12-15(9-6-2)16(14)10-7-3;1-3-8-5-4-7(2)6-8;3*1-2;/h5,8,13,15-16H,1,6-7,9-12H2,2-4H3;7-8H,3-6H2,1-2H3;3*1-2H3;1H4/b14-8-;;;;;. The van der Waals surface area contributed by atoms with Crippen molar-refractivity contribution in [1.29, 1.82) is 0 Å². The third kappa shape index (κ3) is 17.7. The lowest BCUT2D eigenvalue weighted by Gasteiger charge is -2.37. The van der Waals surface area contributed by atoms with Crippen molar-refractivity contribution in [3.8, 4) is 0 Å². The Balaban J connectivity index is -0.000000205. The van der Waals surface area contributed by atoms with Crippen molar-refractivity contribution in [3.05, 3.63) is 24.3 Å². The summed E-state index contributed by atoms with van der Waals surface area (Å²) in [5.41, 5.74) is 1.68. The number of hydrogen-bond donors (Lipinski definition) is 0. The summed E-state index contributed by atoms with van der Waals surface area (Å²) in [6.07, 6.45) is 18.3. The summed E-state index contributed by atoms with van der Waals surface area (Å²) < 4.78 is 0. The van der Waals surface area contributed by atoms with E-state index in [9.17, 15) is 0 Å². The van der Waals surface area contributed by atoms with Crippen LogP contribution in [0.1, 0.15) is 148 Å². The lowest BCUT2D eigenvalue weighted by molar-refractivity contribution is 0.224. The molecule has 31 heavy (non-hydrogen) atoms. The first kappa shape index (κ1) is 37.8. The van der Waals surface area contributed by atoms with Gasteiger partial charge in [0, 0.05) is 0 Å². The number of rotatable bonds is 6. The SMILES string of the molecule is C.C=C/C=C1/CC(C)CC(CCC)C1CCC.CC.CC.CC.CCC1CCC(C)C1. The second kappa shape index (κ2) is 27.5. The molecule has 0 saturated heterocycles. The van der Waals surface area contributed by atoms with Crippen molar-refractivity contribution in [2.75, 3.05) is 0 Å². The van der Waals surface area contributed by atoms with Gasteiger partial charge in [0.15, 0.2) is 0 Å². The molecule has 0 heterocycles. The molecule has 2 fully saturated rings. The normalized spacial score (nSPS) is 27.5. The molecule has 0 nitrogen and oxygen atoms in total. The molecule has 0 bridgehead atoms. The van der Waals surface area contributed by atoms with E-state index in [2.05, 4.69) is 47.3 Å². The van der Waals surface area contributed by atoms with Gasteiger partial charge in [-0.1, -0.05) is 146 Å². The maximum absolute atomic E-state index is 3.87. The molecule has 0 radical (unpaired) electrons. The zero-order valence-electron chi connectivity index (χ0n) is 23.3. The van der Waals surface area contributed by atoms with Gasteiger partial charge in [-0.25, -0.2) is 0 Å². The van der Waals surface area contributed by atoms with E-state index in [0.717, 1.165) is 29.6 Å². The lowest BCUT2D eigenvalue weighted by Crippen LogP contribution is -2.26. The van der Waals surface area contributed by atoms with E-state index in [1.54, 1.807) is 5.57 Å². The highest BCUT2D eigenvalue weighted by molar-refractivity contribution is 5.17. The van der Waals surface area contributed by atoms with E-state index in [0.29, 0.717) is 0 Å². The van der Waals surface area contributed by atoms with Gasteiger partial charge >= 0.3 is 0 Å². The van der Waals surface area contributed by atoms with Crippen molar-refractivity contribution >= 4 is 0 Å². The average molecular weight is 439 g/mol. The van der Waals surface area contributed by atoms with E-state index in [1.807, 2.05) is 47.6 Å². The van der Waals surface area contributed by atoms with Crippen molar-refractivity contribution in [1.82, 2.24) is 0 Å². The van der Waals surface area contributed by atoms with E-state index >= 15 is 0 Å². The molecule has 0 heteroatoms. The van der Waals surface area contributed by atoms with Crippen molar-refractivity contribution in [2.45, 2.75) is 148 Å². The highest BCUT2D eigenvalue weighted by Gasteiger charge is 2.30. The second-order valence-electron chi connectivity index (χ2n) is 8.66. The van der Waals surface area contributed by atoms with Gasteiger partial charge in [-0.2, -0.15) is 0 Å². The Morgan fingerprint density at radius 3 is 1.71 bits per heavy atom. The molecule has 190 valence electrons. The quantitative estimate of drug-likeness (QED) is 0.386. The Kier molecular flexibility index (Phi) is 33.5. The highest BCUT2D eigenvalue weighted by Crippen LogP contribution is 2.42. The predicted octanol–water partition coefficient (Wildman–Crippen LogP) is 11.9. The van der Waals surface area contributed by atoms with Crippen LogP contribution in [0.2, 0.25) is 0 Å². The molecule has 0 spiro atoms. The van der Waals surface area contributed by atoms with Gasteiger partial charge in [-0.15, -0.1) is 0 Å². The Morgan fingerprint density at radius 1 is 0.806 bits per heavy atom. The summed E-state index contributed by atoms with van der Waals surface area (Å²) >= 11 is 0. The van der Waals surface area contributed by atoms with Gasteiger partial charge in [0.1, 0.15) is 0 Å². The van der Waals surface area contributed by atoms with Crippen molar-refractivity contribution < 1.29 is 0 Å². The maximum atomic E-state index is 3.87. The fourth-order valence-electron chi connectivity index (χ4n) is 5.08. The number of hydrogen-bond acceptors (Lipinski definition) is 0. The third-order valence-electron chi connectivity index (χ3n) is 6.31. The molecule has 0 aliphatic heterocycles. The van der Waals surface area contributed by atoms with Crippen molar-refractivity contribution in [2.24, 2.45) is 29.6 Å². The Hall–Kier alpha value is -0.520. The van der Waals surface area contributed by atoms with Crippen LogP contribution in [0.15, 0.2) is 24.3 Å². The lowest BCUT2D eigenvalue weighted by atomic mass is 9.68. The maximum Gasteiger partial charge on any atom is -0.0172 e. The summed E-state index contributed by atoms with van der Waals surface area (Å²) in [5.74, 6) is 4.75. The Labute approximate surface area is 201 Å². The Morgan fingerprint density at radius 2 is 1.35 bits per heavy atom. The molecule has 0 aromatic carbocycles. The fourth-order valence-corrected chi connectivity index (χ4v) is 5.08. The predicted molar refractivity (Wildman–Crippen MR) is 151 cm³/mol. The molecule has 0 aromatic heterocycles. The first-order chi connectivity index (χ1) is 14.5. The zero-order valence-corrected chi connectivity index (χ0v) is 23.3. The largest absolute Gasteiger partial charge is 0.0991 e. The summed E-state index contributed by atoms with van der Waals surface area (Å²) in [7, 11) is 0. The van der Waals surface area contributed by atoms with E-state index in [1.165, 1.54) is 64.2 Å². The molecule has 5 atom stereocenters. The fraction of sp³-hybridized carbons (Fsp3) is 0.871. The van der Waals surface area contributed by atoms with Gasteiger partial charge in [0.2, 0.25) is 0 Å². The molecule has 0 amide bonds. The highest BCUT2D eigenvalue weighted by atomic mass is 14.4. The molecule has 2 aliphatic carbocycles. The minimum absolute atomic E-state index is 0. The molecule has 5 unspecified atom stereocenters. The monoisotopic (exact) mass is 439 g/mol. The minimum Gasteiger partial charge on any atom is -0.0991 e. The van der Waals surface area contributed by atoms with Crippen LogP contribution in [-0.4, -0.2) is 0 Å². The molecule has 0 aromatic rings. The van der Waals surface area contributed by atoms with Crippen LogP contribution in [0.3, 0.4) is 0 Å². The summed E-state index contributed by atoms with van der Waals surface area (Å²) in [4.78, 5) is 0. The van der Waals surface area contributed by atoms with Gasteiger partial charge in [-0.3, -0.25) is 0 Å². The second-order valence-corrected chi connectivity index (χ2v) is 8.66. The molecule has 0 N–H and O–H groups in total. The minimum atomic E-state index is 0. The van der Waals surface area contributed by atoms with Gasteiger partial charge in [-0.05, 0) is 55.3 Å². The molecule has 2 rings (SSSR count). The average Bonchev–Trinajstić information content (AvgIpc) is 3.21. The van der Waals surface area contributed by atoms with Crippen LogP contribution < -0.4 is 0 Å². The molecular formula is C31H66. The molecule has 2 aliphatic rings. The Bertz CT molecular complexity index is 364. The van der Waals surface area contributed by atoms with E-state index in [4.69, 9.17) is 0 Å². The van der Waals surface area contributed by atoms with Gasteiger partial charge < -0.3 is 0 Å². The van der Waals surface area contributed by atoms with Crippen LogP contribution in [-0.2, 0) is 0 Å². The third-order valence-corrected chi connectivity index (χ3v) is 6.31. The van der Waals surface area contributed by atoms with E-state index < -0.39 is 0 Å². The molecule has 2 saturated carbocycles. The first-order valence-corrected chi connectivity index (χ1v) is 13.9. The summed E-state index contributed by atoms with van der Waals surface area (Å²) in [6, 6.07) is 0. The van der Waals surface area contributed by atoms with Crippen LogP contribution in [0.5, 0.6) is 0 Å². The first-order valence-electron chi connectivity index (χ1n) is 13.9. The topological polar surface area (TPSA) is 0 Å². The van der Waals surface area contributed by atoms with E-state index in [-0.39, 0.29) is 7.43 Å². The van der Waals surface area contributed by atoms with Crippen LogP contribution in [0.4, 0.5) is 0 Å². The van der Waals surface area contributed by atoms with Crippen LogP contribution in [0.25, 0.3) is 0 Å². The number of allylic oxidation sites excluding steroid dienone is 3. The summed E-state index contributed by atoms with van der Waals surface area (Å²) in [5, 5.41) is 0.